The smallest absolute Gasteiger partial charge is 0.260 e. The molecule has 0 spiro atoms. The lowest BCUT2D eigenvalue weighted by atomic mass is 10.1. The summed E-state index contributed by atoms with van der Waals surface area (Å²) in [5.74, 6) is -0.608. The van der Waals surface area contributed by atoms with Gasteiger partial charge in [-0.2, -0.15) is 0 Å². The third kappa shape index (κ3) is 4.44. The zero-order valence-electron chi connectivity index (χ0n) is 12.3. The number of hydrogen-bond donors (Lipinski definition) is 4. The summed E-state index contributed by atoms with van der Waals surface area (Å²) < 4.78 is 0. The molecule has 6 nitrogen and oxygen atoms in total. The summed E-state index contributed by atoms with van der Waals surface area (Å²) in [6, 6.07) is 7.85. The van der Waals surface area contributed by atoms with Crippen molar-refractivity contribution in [2.45, 2.75) is 6.54 Å². The molecule has 0 atom stereocenters. The number of halogens is 3. The number of carbonyl (C=O) groups is 1. The molecule has 1 amide bonds. The summed E-state index contributed by atoms with van der Waals surface area (Å²) >= 11 is 17.6. The number of anilines is 2. The Balaban J connectivity index is 2.08. The van der Waals surface area contributed by atoms with Crippen molar-refractivity contribution in [1.29, 1.82) is 0 Å². The number of nitrogens with one attached hydrogen (secondary N) is 1. The molecule has 0 saturated carbocycles. The topological polar surface area (TPSA) is 120 Å². The first kappa shape index (κ1) is 18.2. The second-order valence-electron chi connectivity index (χ2n) is 4.87. The van der Waals surface area contributed by atoms with Crippen molar-refractivity contribution in [2.24, 2.45) is 10.7 Å². The Hall–Kier alpha value is -2.15. The molecule has 126 valence electrons. The van der Waals surface area contributed by atoms with Crippen LogP contribution in [0.2, 0.25) is 15.1 Å². The third-order valence-corrected chi connectivity index (χ3v) is 4.14. The molecule has 2 rings (SSSR count). The van der Waals surface area contributed by atoms with Crippen molar-refractivity contribution in [3.8, 4) is 0 Å². The molecule has 0 heterocycles. The minimum atomic E-state index is -0.537. The van der Waals surface area contributed by atoms with E-state index in [-0.39, 0.29) is 34.5 Å². The van der Waals surface area contributed by atoms with Crippen molar-refractivity contribution in [3.63, 3.8) is 0 Å². The van der Waals surface area contributed by atoms with Crippen LogP contribution in [0.25, 0.3) is 0 Å². The van der Waals surface area contributed by atoms with E-state index in [1.165, 1.54) is 12.1 Å². The largest absolute Gasteiger partial charge is 0.398 e. The predicted molar refractivity (Wildman–Crippen MR) is 99.5 cm³/mol. The molecule has 2 aromatic rings. The van der Waals surface area contributed by atoms with Crippen LogP contribution < -0.4 is 22.5 Å². The second kappa shape index (κ2) is 7.61. The molecule has 24 heavy (non-hydrogen) atoms. The van der Waals surface area contributed by atoms with Gasteiger partial charge in [-0.15, -0.1) is 0 Å². The van der Waals surface area contributed by atoms with Crippen LogP contribution >= 0.6 is 34.8 Å². The van der Waals surface area contributed by atoms with E-state index in [0.717, 1.165) is 5.56 Å². The number of amides is 1. The molecule has 0 aliphatic heterocycles. The number of benzene rings is 2. The second-order valence-corrected chi connectivity index (χ2v) is 6.09. The summed E-state index contributed by atoms with van der Waals surface area (Å²) in [6.45, 7) is 0.223. The Morgan fingerprint density at radius 1 is 1.00 bits per heavy atom. The van der Waals surface area contributed by atoms with Gasteiger partial charge in [0.25, 0.3) is 5.91 Å². The van der Waals surface area contributed by atoms with Gasteiger partial charge in [-0.3, -0.25) is 10.1 Å². The van der Waals surface area contributed by atoms with Crippen LogP contribution in [0.15, 0.2) is 35.3 Å². The first-order valence-corrected chi connectivity index (χ1v) is 7.81. The molecule has 9 heteroatoms. The van der Waals surface area contributed by atoms with Gasteiger partial charge in [0.1, 0.15) is 0 Å². The van der Waals surface area contributed by atoms with Gasteiger partial charge in [0.2, 0.25) is 0 Å². The number of nitrogens with zero attached hydrogens (tertiary/aromatic N) is 1. The zero-order valence-corrected chi connectivity index (χ0v) is 14.6. The lowest BCUT2D eigenvalue weighted by molar-refractivity contribution is 0.0977. The Labute approximate surface area is 153 Å². The van der Waals surface area contributed by atoms with Crippen LogP contribution in [0.5, 0.6) is 0 Å². The van der Waals surface area contributed by atoms with E-state index in [2.05, 4.69) is 10.3 Å². The van der Waals surface area contributed by atoms with Gasteiger partial charge < -0.3 is 17.2 Å². The lowest BCUT2D eigenvalue weighted by Crippen LogP contribution is -2.37. The molecule has 2 aromatic carbocycles. The Morgan fingerprint density at radius 2 is 1.71 bits per heavy atom. The third-order valence-electron chi connectivity index (χ3n) is 3.07. The molecule has 7 N–H and O–H groups in total. The number of nitrogens with two attached hydrogens (primary N) is 3. The van der Waals surface area contributed by atoms with Crippen molar-refractivity contribution in [3.05, 3.63) is 56.5 Å². The van der Waals surface area contributed by atoms with Gasteiger partial charge in [0, 0.05) is 5.69 Å². The first-order valence-electron chi connectivity index (χ1n) is 6.67. The highest BCUT2D eigenvalue weighted by Crippen LogP contribution is 2.25. The molecule has 0 unspecified atom stereocenters. The molecule has 0 aromatic heterocycles. The summed E-state index contributed by atoms with van der Waals surface area (Å²) in [7, 11) is 0. The highest BCUT2D eigenvalue weighted by Gasteiger charge is 2.13. The number of nitrogen functional groups attached to an aromatic ring is 2. The van der Waals surface area contributed by atoms with Crippen molar-refractivity contribution in [1.82, 2.24) is 5.32 Å². The fourth-order valence-electron chi connectivity index (χ4n) is 1.84. The van der Waals surface area contributed by atoms with E-state index < -0.39 is 5.91 Å². The van der Waals surface area contributed by atoms with Crippen LogP contribution in [-0.4, -0.2) is 11.9 Å². The minimum Gasteiger partial charge on any atom is -0.398 e. The van der Waals surface area contributed by atoms with Gasteiger partial charge >= 0.3 is 0 Å². The Morgan fingerprint density at radius 3 is 2.38 bits per heavy atom. The van der Waals surface area contributed by atoms with Gasteiger partial charge in [0.05, 0.1) is 32.9 Å². The Kier molecular flexibility index (Phi) is 5.77. The monoisotopic (exact) mass is 385 g/mol. The number of aliphatic imine (C=N–C) groups is 1. The van der Waals surface area contributed by atoms with Crippen molar-refractivity contribution < 1.29 is 4.79 Å². The average molecular weight is 387 g/mol. The van der Waals surface area contributed by atoms with Gasteiger partial charge in [-0.25, -0.2) is 4.99 Å². The normalized spacial score (nSPS) is 11.4. The maximum absolute atomic E-state index is 12.2. The highest BCUT2D eigenvalue weighted by molar-refractivity contribution is 6.42. The van der Waals surface area contributed by atoms with Crippen LogP contribution in [-0.2, 0) is 6.54 Å². The number of hydrogen-bond acceptors (Lipinski definition) is 4. The van der Waals surface area contributed by atoms with E-state index in [1.54, 1.807) is 18.2 Å². The van der Waals surface area contributed by atoms with Crippen molar-refractivity contribution >= 4 is 58.0 Å². The molecular formula is C15H14Cl3N5O. The highest BCUT2D eigenvalue weighted by atomic mass is 35.5. The van der Waals surface area contributed by atoms with Crippen LogP contribution in [0, 0.1) is 0 Å². The van der Waals surface area contributed by atoms with Crippen LogP contribution in [0.3, 0.4) is 0 Å². The fraction of sp³-hybridized carbons (Fsp3) is 0.0667. The van der Waals surface area contributed by atoms with Crippen molar-refractivity contribution in [2.75, 3.05) is 11.5 Å². The summed E-state index contributed by atoms with van der Waals surface area (Å²) in [5.41, 5.74) is 18.5. The van der Waals surface area contributed by atoms with E-state index in [9.17, 15) is 4.79 Å². The lowest BCUT2D eigenvalue weighted by Gasteiger charge is -2.09. The van der Waals surface area contributed by atoms with E-state index in [4.69, 9.17) is 52.0 Å². The zero-order chi connectivity index (χ0) is 17.9. The average Bonchev–Trinajstić information content (AvgIpc) is 2.52. The summed E-state index contributed by atoms with van der Waals surface area (Å²) in [5, 5.41) is 3.51. The number of carbonyl (C=O) groups excluding carboxylic acids is 1. The minimum absolute atomic E-state index is 0.0709. The van der Waals surface area contributed by atoms with Gasteiger partial charge in [-0.1, -0.05) is 40.9 Å². The number of guanidine groups is 1. The standard InChI is InChI=1S/C15H14Cl3N5O/c16-9-2-1-7(3-10(9)17)6-22-15(21)23-14(24)8-4-11(18)13(20)5-12(8)19/h1-5H,6,19-20H2,(H3,21,22,23,24). The molecule has 0 aliphatic carbocycles. The molecule has 0 saturated heterocycles. The maximum Gasteiger partial charge on any atom is 0.260 e. The van der Waals surface area contributed by atoms with E-state index in [1.807, 2.05) is 0 Å². The SMILES string of the molecule is NC(=NCc1ccc(Cl)c(Cl)c1)NC(=O)c1cc(Cl)c(N)cc1N. The quantitative estimate of drug-likeness (QED) is 0.368. The molecular weight excluding hydrogens is 373 g/mol. The molecule has 0 bridgehead atoms. The van der Waals surface area contributed by atoms with Crippen LogP contribution in [0.4, 0.5) is 11.4 Å². The molecule has 0 radical (unpaired) electrons. The molecule has 0 aliphatic rings. The molecule has 0 fully saturated rings. The Bertz CT molecular complexity index is 823. The summed E-state index contributed by atoms with van der Waals surface area (Å²) in [6.07, 6.45) is 0. The van der Waals surface area contributed by atoms with E-state index in [0.29, 0.717) is 10.0 Å². The van der Waals surface area contributed by atoms with Gasteiger partial charge in [0.15, 0.2) is 5.96 Å². The first-order chi connectivity index (χ1) is 11.3. The fourth-order valence-corrected chi connectivity index (χ4v) is 2.33. The summed E-state index contributed by atoms with van der Waals surface area (Å²) in [4.78, 5) is 16.2. The van der Waals surface area contributed by atoms with Gasteiger partial charge in [-0.05, 0) is 29.8 Å². The maximum atomic E-state index is 12.2. The number of rotatable bonds is 3. The van der Waals surface area contributed by atoms with Crippen LogP contribution in [0.1, 0.15) is 15.9 Å². The predicted octanol–water partition coefficient (Wildman–Crippen LogP) is 3.06. The van der Waals surface area contributed by atoms with E-state index >= 15 is 0 Å².